The van der Waals surface area contributed by atoms with Gasteiger partial charge in [0.2, 0.25) is 15.9 Å². The summed E-state index contributed by atoms with van der Waals surface area (Å²) in [6.45, 7) is 0.497. The molecule has 0 saturated heterocycles. The summed E-state index contributed by atoms with van der Waals surface area (Å²) in [5.74, 6) is -0.611. The summed E-state index contributed by atoms with van der Waals surface area (Å²) in [5, 5.41) is 2.64. The van der Waals surface area contributed by atoms with Crippen LogP contribution in [0.3, 0.4) is 0 Å². The summed E-state index contributed by atoms with van der Waals surface area (Å²) in [4.78, 5) is 12.0. The molecule has 4 N–H and O–H groups in total. The van der Waals surface area contributed by atoms with Crippen molar-refractivity contribution < 1.29 is 22.3 Å². The van der Waals surface area contributed by atoms with Gasteiger partial charge in [0.25, 0.3) is 0 Å². The lowest BCUT2D eigenvalue weighted by Crippen LogP contribution is -2.29. The minimum atomic E-state index is -3.67. The topological polar surface area (TPSA) is 111 Å². The Labute approximate surface area is 157 Å². The first-order valence-electron chi connectivity index (χ1n) is 8.39. The van der Waals surface area contributed by atoms with Crippen LogP contribution in [0.1, 0.15) is 12.8 Å². The Kier molecular flexibility index (Phi) is 7.71. The molecule has 0 heterocycles. The van der Waals surface area contributed by atoms with E-state index >= 15 is 0 Å². The van der Waals surface area contributed by atoms with E-state index < -0.39 is 15.8 Å². The van der Waals surface area contributed by atoms with Gasteiger partial charge >= 0.3 is 0 Å². The van der Waals surface area contributed by atoms with Crippen LogP contribution in [0.4, 0.5) is 10.1 Å². The molecule has 2 rings (SSSR count). The number of hydrogen-bond acceptors (Lipinski definition) is 5. The molecule has 27 heavy (non-hydrogen) atoms. The molecule has 0 saturated carbocycles. The van der Waals surface area contributed by atoms with Crippen molar-refractivity contribution in [2.75, 3.05) is 25.0 Å². The van der Waals surface area contributed by atoms with E-state index in [-0.39, 0.29) is 42.7 Å². The number of ether oxygens (including phenoxy) is 1. The van der Waals surface area contributed by atoms with Gasteiger partial charge in [0.05, 0.1) is 11.5 Å². The lowest BCUT2D eigenvalue weighted by atomic mass is 10.2. The van der Waals surface area contributed by atoms with E-state index in [1.54, 1.807) is 18.2 Å². The van der Waals surface area contributed by atoms with Crippen molar-refractivity contribution in [3.8, 4) is 5.75 Å². The summed E-state index contributed by atoms with van der Waals surface area (Å²) < 4.78 is 45.2. The van der Waals surface area contributed by atoms with E-state index in [2.05, 4.69) is 10.0 Å². The highest BCUT2D eigenvalue weighted by atomic mass is 32.2. The van der Waals surface area contributed by atoms with E-state index in [1.165, 1.54) is 30.3 Å². The third-order valence-corrected chi connectivity index (χ3v) is 4.97. The number of anilines is 1. The molecule has 0 aliphatic carbocycles. The van der Waals surface area contributed by atoms with Crippen LogP contribution >= 0.6 is 0 Å². The molecule has 0 bridgehead atoms. The number of halogens is 1. The van der Waals surface area contributed by atoms with Gasteiger partial charge in [-0.15, -0.1) is 0 Å². The summed E-state index contributed by atoms with van der Waals surface area (Å²) in [7, 11) is -3.67. The average molecular weight is 395 g/mol. The molecule has 0 spiro atoms. The van der Waals surface area contributed by atoms with Crippen LogP contribution in [0.15, 0.2) is 53.4 Å². The highest BCUT2D eigenvalue weighted by molar-refractivity contribution is 7.89. The Balaban J connectivity index is 1.83. The van der Waals surface area contributed by atoms with Crippen molar-refractivity contribution in [2.24, 2.45) is 5.73 Å². The number of nitrogens with one attached hydrogen (secondary N) is 2. The summed E-state index contributed by atoms with van der Waals surface area (Å²) in [6.07, 6.45) is 0.535. The smallest absolute Gasteiger partial charge is 0.240 e. The minimum Gasteiger partial charge on any atom is -0.491 e. The second-order valence-corrected chi connectivity index (χ2v) is 7.41. The van der Waals surface area contributed by atoms with Gasteiger partial charge in [0.15, 0.2) is 11.6 Å². The molecule has 0 aliphatic rings. The van der Waals surface area contributed by atoms with E-state index in [0.717, 1.165) is 0 Å². The molecule has 0 radical (unpaired) electrons. The number of nitrogens with two attached hydrogens (primary N) is 1. The van der Waals surface area contributed by atoms with Crippen LogP contribution in [0.5, 0.6) is 5.75 Å². The summed E-state index contributed by atoms with van der Waals surface area (Å²) in [6, 6.07) is 12.0. The van der Waals surface area contributed by atoms with Gasteiger partial charge in [-0.1, -0.05) is 18.2 Å². The van der Waals surface area contributed by atoms with Gasteiger partial charge < -0.3 is 15.8 Å². The Hall–Kier alpha value is -2.49. The van der Waals surface area contributed by atoms with Crippen LogP contribution in [-0.2, 0) is 14.8 Å². The average Bonchev–Trinajstić information content (AvgIpc) is 2.65. The van der Waals surface area contributed by atoms with Crippen LogP contribution in [0.25, 0.3) is 0 Å². The summed E-state index contributed by atoms with van der Waals surface area (Å²) >= 11 is 0. The minimum absolute atomic E-state index is 0.0386. The molecule has 9 heteroatoms. The number of rotatable bonds is 10. The van der Waals surface area contributed by atoms with Gasteiger partial charge in [-0.2, -0.15) is 0 Å². The second kappa shape index (κ2) is 10.0. The number of carbonyl (C=O) groups is 1. The number of sulfonamides is 1. The Morgan fingerprint density at radius 1 is 1.15 bits per heavy atom. The predicted octanol–water partition coefficient (Wildman–Crippen LogP) is 1.86. The number of carbonyl (C=O) groups excluding carboxylic acids is 1. The second-order valence-electron chi connectivity index (χ2n) is 5.64. The van der Waals surface area contributed by atoms with Crippen LogP contribution < -0.4 is 20.5 Å². The fraction of sp³-hybridized carbons (Fsp3) is 0.278. The Morgan fingerprint density at radius 3 is 2.67 bits per heavy atom. The van der Waals surface area contributed by atoms with Gasteiger partial charge in [-0.05, 0) is 36.8 Å². The molecule has 1 amide bonds. The molecule has 0 aromatic heterocycles. The molecule has 0 fully saturated rings. The number of benzene rings is 2. The van der Waals surface area contributed by atoms with Crippen molar-refractivity contribution >= 4 is 21.6 Å². The zero-order valence-corrected chi connectivity index (χ0v) is 15.5. The zero-order valence-electron chi connectivity index (χ0n) is 14.7. The number of para-hydroxylation sites is 1. The van der Waals surface area contributed by atoms with E-state index in [0.29, 0.717) is 12.1 Å². The van der Waals surface area contributed by atoms with Crippen molar-refractivity contribution in [3.05, 3.63) is 54.3 Å². The maximum Gasteiger partial charge on any atom is 0.240 e. The highest BCUT2D eigenvalue weighted by Crippen LogP contribution is 2.17. The fourth-order valence-corrected chi connectivity index (χ4v) is 3.31. The molecule has 2 aromatic rings. The monoisotopic (exact) mass is 395 g/mol. The van der Waals surface area contributed by atoms with Crippen molar-refractivity contribution in [1.82, 2.24) is 4.72 Å². The lowest BCUT2D eigenvalue weighted by Gasteiger charge is -2.09. The highest BCUT2D eigenvalue weighted by Gasteiger charge is 2.14. The largest absolute Gasteiger partial charge is 0.491 e. The van der Waals surface area contributed by atoms with E-state index in [4.69, 9.17) is 10.5 Å². The number of amides is 1. The zero-order chi connectivity index (χ0) is 19.7. The van der Waals surface area contributed by atoms with Gasteiger partial charge in [-0.25, -0.2) is 17.5 Å². The third-order valence-electron chi connectivity index (χ3n) is 3.51. The standard InChI is InChI=1S/C18H22FN3O4S/c19-16-7-1-2-8-17(16)26-12-4-9-18(23)22-14-5-3-6-15(13-14)27(24,25)21-11-10-20/h1-3,5-8,13,21H,4,9-12,20H2,(H,22,23). The van der Waals surface area contributed by atoms with Crippen LogP contribution in [0.2, 0.25) is 0 Å². The molecular formula is C18H22FN3O4S. The lowest BCUT2D eigenvalue weighted by molar-refractivity contribution is -0.116. The molecular weight excluding hydrogens is 373 g/mol. The Morgan fingerprint density at radius 2 is 1.93 bits per heavy atom. The maximum atomic E-state index is 13.4. The number of hydrogen-bond donors (Lipinski definition) is 3. The summed E-state index contributed by atoms with van der Waals surface area (Å²) in [5.41, 5.74) is 5.66. The molecule has 7 nitrogen and oxygen atoms in total. The van der Waals surface area contributed by atoms with Crippen LogP contribution in [-0.4, -0.2) is 34.0 Å². The first-order valence-corrected chi connectivity index (χ1v) is 9.87. The fourth-order valence-electron chi connectivity index (χ4n) is 2.22. The molecule has 0 aliphatic heterocycles. The van der Waals surface area contributed by atoms with Gasteiger partial charge in [-0.3, -0.25) is 4.79 Å². The van der Waals surface area contributed by atoms with Crippen LogP contribution in [0, 0.1) is 5.82 Å². The molecule has 146 valence electrons. The first-order chi connectivity index (χ1) is 12.9. The SMILES string of the molecule is NCCNS(=O)(=O)c1cccc(NC(=O)CCCOc2ccccc2F)c1. The first kappa shape index (κ1) is 20.8. The van der Waals surface area contributed by atoms with Gasteiger partial charge in [0, 0.05) is 25.2 Å². The molecule has 0 atom stereocenters. The quantitative estimate of drug-likeness (QED) is 0.532. The van der Waals surface area contributed by atoms with Crippen molar-refractivity contribution in [3.63, 3.8) is 0 Å². The molecule has 0 unspecified atom stereocenters. The van der Waals surface area contributed by atoms with Gasteiger partial charge in [0.1, 0.15) is 0 Å². The van der Waals surface area contributed by atoms with Crippen molar-refractivity contribution in [1.29, 1.82) is 0 Å². The molecule has 2 aromatic carbocycles. The normalized spacial score (nSPS) is 11.2. The Bertz CT molecular complexity index is 874. The van der Waals surface area contributed by atoms with Crippen molar-refractivity contribution in [2.45, 2.75) is 17.7 Å². The van der Waals surface area contributed by atoms with E-state index in [9.17, 15) is 17.6 Å². The predicted molar refractivity (Wildman–Crippen MR) is 100 cm³/mol. The van der Waals surface area contributed by atoms with E-state index in [1.807, 2.05) is 0 Å². The third kappa shape index (κ3) is 6.63. The maximum absolute atomic E-state index is 13.4.